The van der Waals surface area contributed by atoms with Crippen LogP contribution in [0.15, 0.2) is 18.3 Å². The van der Waals surface area contributed by atoms with E-state index in [9.17, 15) is 9.59 Å². The van der Waals surface area contributed by atoms with Gasteiger partial charge in [-0.15, -0.1) is 0 Å². The van der Waals surface area contributed by atoms with Crippen LogP contribution in [0, 0.1) is 0 Å². The van der Waals surface area contributed by atoms with Gasteiger partial charge in [-0.05, 0) is 12.1 Å². The second kappa shape index (κ2) is 7.45. The van der Waals surface area contributed by atoms with Crippen molar-refractivity contribution >= 4 is 11.9 Å². The van der Waals surface area contributed by atoms with Crippen molar-refractivity contribution in [2.24, 2.45) is 0 Å². The summed E-state index contributed by atoms with van der Waals surface area (Å²) in [6.07, 6.45) is 1.13. The van der Waals surface area contributed by atoms with Crippen molar-refractivity contribution < 1.29 is 24.5 Å². The fraction of sp³-hybridized carbons (Fsp3) is 0.417. The molecule has 0 aliphatic heterocycles. The molecule has 0 fully saturated rings. The highest BCUT2D eigenvalue weighted by atomic mass is 16.5. The Hall–Kier alpha value is -1.99. The van der Waals surface area contributed by atoms with Gasteiger partial charge in [0, 0.05) is 26.4 Å². The lowest BCUT2D eigenvalue weighted by atomic mass is 10.2. The fourth-order valence-electron chi connectivity index (χ4n) is 1.45. The molecule has 0 unspecified atom stereocenters. The van der Waals surface area contributed by atoms with E-state index < -0.39 is 5.97 Å². The largest absolute Gasteiger partial charge is 0.478 e. The molecule has 1 heterocycles. The van der Waals surface area contributed by atoms with Crippen LogP contribution in [0.25, 0.3) is 0 Å². The summed E-state index contributed by atoms with van der Waals surface area (Å²) in [6, 6.07) is 2.67. The number of ether oxygens (including phenoxy) is 1. The van der Waals surface area contributed by atoms with E-state index in [1.165, 1.54) is 24.1 Å². The minimum absolute atomic E-state index is 0.0159. The van der Waals surface area contributed by atoms with E-state index in [0.29, 0.717) is 13.2 Å². The number of hydrogen-bond donors (Lipinski definition) is 2. The highest BCUT2D eigenvalue weighted by Crippen LogP contribution is 2.04. The molecule has 0 radical (unpaired) electrons. The number of methoxy groups -OCH3 is 1. The maximum atomic E-state index is 12.1. The first-order valence-corrected chi connectivity index (χ1v) is 5.68. The van der Waals surface area contributed by atoms with Crippen molar-refractivity contribution in [3.05, 3.63) is 29.6 Å². The van der Waals surface area contributed by atoms with Gasteiger partial charge in [0.05, 0.1) is 18.8 Å². The van der Waals surface area contributed by atoms with Crippen LogP contribution in [-0.2, 0) is 4.74 Å². The number of hydrogen-bond acceptors (Lipinski definition) is 5. The SMILES string of the molecule is COCCN(CCO)C(=O)c1ccc(C(=O)O)cn1. The van der Waals surface area contributed by atoms with Crippen LogP contribution in [-0.4, -0.2) is 65.4 Å². The van der Waals surface area contributed by atoms with Crippen molar-refractivity contribution in [3.63, 3.8) is 0 Å². The van der Waals surface area contributed by atoms with Gasteiger partial charge in [-0.2, -0.15) is 0 Å². The number of pyridine rings is 1. The average Bonchev–Trinajstić information content (AvgIpc) is 2.42. The lowest BCUT2D eigenvalue weighted by Gasteiger charge is -2.20. The molecule has 1 amide bonds. The quantitative estimate of drug-likeness (QED) is 0.714. The number of carboxylic acids is 1. The fourth-order valence-corrected chi connectivity index (χ4v) is 1.45. The van der Waals surface area contributed by atoms with Gasteiger partial charge >= 0.3 is 5.97 Å². The third-order valence-electron chi connectivity index (χ3n) is 2.45. The van der Waals surface area contributed by atoms with Gasteiger partial charge in [0.1, 0.15) is 5.69 Å². The summed E-state index contributed by atoms with van der Waals surface area (Å²) >= 11 is 0. The molecule has 0 saturated heterocycles. The van der Waals surface area contributed by atoms with E-state index in [4.69, 9.17) is 14.9 Å². The van der Waals surface area contributed by atoms with Crippen molar-refractivity contribution in [2.75, 3.05) is 33.4 Å². The summed E-state index contributed by atoms with van der Waals surface area (Å²) in [5.41, 5.74) is 0.150. The van der Waals surface area contributed by atoms with Gasteiger partial charge in [-0.1, -0.05) is 0 Å². The number of carboxylic acid groups (broad SMARTS) is 1. The van der Waals surface area contributed by atoms with Crippen LogP contribution in [0.5, 0.6) is 0 Å². The van der Waals surface area contributed by atoms with E-state index in [1.54, 1.807) is 0 Å². The molecule has 7 heteroatoms. The lowest BCUT2D eigenvalue weighted by Crippen LogP contribution is -2.36. The van der Waals surface area contributed by atoms with Crippen LogP contribution in [0.1, 0.15) is 20.8 Å². The molecule has 0 aliphatic rings. The van der Waals surface area contributed by atoms with E-state index in [0.717, 1.165) is 6.20 Å². The second-order valence-corrected chi connectivity index (χ2v) is 3.75. The molecule has 0 aromatic carbocycles. The first-order chi connectivity index (χ1) is 9.10. The summed E-state index contributed by atoms with van der Waals surface area (Å²) in [7, 11) is 1.52. The number of aliphatic hydroxyl groups excluding tert-OH is 1. The number of nitrogens with zero attached hydrogens (tertiary/aromatic N) is 2. The zero-order chi connectivity index (χ0) is 14.3. The maximum Gasteiger partial charge on any atom is 0.337 e. The van der Waals surface area contributed by atoms with Crippen LogP contribution >= 0.6 is 0 Å². The zero-order valence-corrected chi connectivity index (χ0v) is 10.6. The summed E-state index contributed by atoms with van der Waals surface area (Å²) < 4.78 is 4.88. The predicted molar refractivity (Wildman–Crippen MR) is 66.1 cm³/mol. The maximum absolute atomic E-state index is 12.1. The Bertz CT molecular complexity index is 432. The molecule has 0 saturated carbocycles. The van der Waals surface area contributed by atoms with Crippen molar-refractivity contribution in [3.8, 4) is 0 Å². The van der Waals surface area contributed by atoms with Crippen molar-refractivity contribution in [2.45, 2.75) is 0 Å². The molecular weight excluding hydrogens is 252 g/mol. The Kier molecular flexibility index (Phi) is 5.91. The number of aromatic nitrogens is 1. The molecule has 19 heavy (non-hydrogen) atoms. The first kappa shape index (κ1) is 15.1. The molecule has 104 valence electrons. The summed E-state index contributed by atoms with van der Waals surface area (Å²) in [5, 5.41) is 17.7. The van der Waals surface area contributed by atoms with Crippen LogP contribution in [0.3, 0.4) is 0 Å². The van der Waals surface area contributed by atoms with Gasteiger partial charge < -0.3 is 19.8 Å². The molecular formula is C12H16N2O5. The highest BCUT2D eigenvalue weighted by molar-refractivity contribution is 5.93. The average molecular weight is 268 g/mol. The Morgan fingerprint density at radius 1 is 1.37 bits per heavy atom. The zero-order valence-electron chi connectivity index (χ0n) is 10.6. The number of carbonyl (C=O) groups excluding carboxylic acids is 1. The van der Waals surface area contributed by atoms with Crippen LogP contribution < -0.4 is 0 Å². The van der Waals surface area contributed by atoms with Gasteiger partial charge in [-0.3, -0.25) is 9.78 Å². The third kappa shape index (κ3) is 4.31. The van der Waals surface area contributed by atoms with E-state index in [2.05, 4.69) is 4.98 Å². The molecule has 0 spiro atoms. The van der Waals surface area contributed by atoms with Gasteiger partial charge in [-0.25, -0.2) is 4.79 Å². The lowest BCUT2D eigenvalue weighted by molar-refractivity contribution is 0.0647. The standard InChI is InChI=1S/C12H16N2O5/c1-19-7-5-14(4-6-15)11(16)10-3-2-9(8-13-10)12(17)18/h2-3,8,15H,4-7H2,1H3,(H,17,18). The second-order valence-electron chi connectivity index (χ2n) is 3.75. The molecule has 2 N–H and O–H groups in total. The molecule has 0 bridgehead atoms. The number of aliphatic hydroxyl groups is 1. The molecule has 1 aromatic heterocycles. The van der Waals surface area contributed by atoms with E-state index in [-0.39, 0.29) is 30.3 Å². The Morgan fingerprint density at radius 2 is 2.11 bits per heavy atom. The summed E-state index contributed by atoms with van der Waals surface area (Å²) in [4.78, 5) is 28.0. The highest BCUT2D eigenvalue weighted by Gasteiger charge is 2.16. The van der Waals surface area contributed by atoms with Crippen molar-refractivity contribution in [1.82, 2.24) is 9.88 Å². The molecule has 7 nitrogen and oxygen atoms in total. The molecule has 0 aliphatic carbocycles. The number of rotatable bonds is 7. The Morgan fingerprint density at radius 3 is 2.58 bits per heavy atom. The Balaban J connectivity index is 2.80. The minimum Gasteiger partial charge on any atom is -0.478 e. The molecule has 1 rings (SSSR count). The van der Waals surface area contributed by atoms with Gasteiger partial charge in [0.25, 0.3) is 5.91 Å². The van der Waals surface area contributed by atoms with Crippen LogP contribution in [0.4, 0.5) is 0 Å². The number of carbonyl (C=O) groups is 2. The Labute approximate surface area is 110 Å². The smallest absolute Gasteiger partial charge is 0.337 e. The van der Waals surface area contributed by atoms with Crippen molar-refractivity contribution in [1.29, 1.82) is 0 Å². The predicted octanol–water partition coefficient (Wildman–Crippen LogP) is -0.139. The van der Waals surface area contributed by atoms with Gasteiger partial charge in [0.2, 0.25) is 0 Å². The van der Waals surface area contributed by atoms with E-state index in [1.807, 2.05) is 0 Å². The number of amides is 1. The minimum atomic E-state index is -1.10. The molecule has 1 aromatic rings. The van der Waals surface area contributed by atoms with Gasteiger partial charge in [0.15, 0.2) is 0 Å². The normalized spacial score (nSPS) is 10.2. The summed E-state index contributed by atoms with van der Waals surface area (Å²) in [6.45, 7) is 0.685. The monoisotopic (exact) mass is 268 g/mol. The third-order valence-corrected chi connectivity index (χ3v) is 2.45. The first-order valence-electron chi connectivity index (χ1n) is 5.68. The number of aromatic carboxylic acids is 1. The molecule has 0 atom stereocenters. The summed E-state index contributed by atoms with van der Waals surface area (Å²) in [5.74, 6) is -1.47. The van der Waals surface area contributed by atoms with Crippen LogP contribution in [0.2, 0.25) is 0 Å². The topological polar surface area (TPSA) is 100.0 Å². The van der Waals surface area contributed by atoms with E-state index >= 15 is 0 Å².